The second-order valence-corrected chi connectivity index (χ2v) is 6.56. The summed E-state index contributed by atoms with van der Waals surface area (Å²) in [5.41, 5.74) is 0. The molecule has 2 rings (SSSR count). The average Bonchev–Trinajstić information content (AvgIpc) is 2.87. The van der Waals surface area contributed by atoms with Crippen LogP contribution in [0.2, 0.25) is 0 Å². The second-order valence-electron chi connectivity index (χ2n) is 4.86. The third-order valence-corrected chi connectivity index (χ3v) is 4.78. The Bertz CT molecular complexity index is 512. The first-order valence-electron chi connectivity index (χ1n) is 6.42. The summed E-state index contributed by atoms with van der Waals surface area (Å²) in [6, 6.07) is 3.05. The standard InChI is InChI=1S/C12H20N2O4S/c1-14-7-3-2-4-10(14)8-13-19(16,17)12-6-5-11(9-15)18-12/h5-6,10,13,15H,2-4,7-9H2,1H3. The monoisotopic (exact) mass is 288 g/mol. The molecule has 1 aromatic rings. The Labute approximate surface area is 113 Å². The van der Waals surface area contributed by atoms with Crippen molar-refractivity contribution in [3.05, 3.63) is 17.9 Å². The molecule has 0 aliphatic carbocycles. The number of hydrogen-bond donors (Lipinski definition) is 2. The summed E-state index contributed by atoms with van der Waals surface area (Å²) in [4.78, 5) is 2.17. The summed E-state index contributed by atoms with van der Waals surface area (Å²) in [6.07, 6.45) is 3.29. The number of sulfonamides is 1. The molecule has 108 valence electrons. The number of aliphatic hydroxyl groups excluding tert-OH is 1. The van der Waals surface area contributed by atoms with Crippen molar-refractivity contribution in [3.63, 3.8) is 0 Å². The van der Waals surface area contributed by atoms with Crippen molar-refractivity contribution in [2.45, 2.75) is 37.0 Å². The van der Waals surface area contributed by atoms with E-state index in [0.29, 0.717) is 6.54 Å². The summed E-state index contributed by atoms with van der Waals surface area (Å²) in [6.45, 7) is 1.08. The van der Waals surface area contributed by atoms with Gasteiger partial charge in [-0.3, -0.25) is 0 Å². The molecule has 1 fully saturated rings. The molecule has 1 unspecified atom stereocenters. The van der Waals surface area contributed by atoms with Crippen LogP contribution >= 0.6 is 0 Å². The van der Waals surface area contributed by atoms with E-state index in [-0.39, 0.29) is 23.5 Å². The van der Waals surface area contributed by atoms with Crippen molar-refractivity contribution >= 4 is 10.0 Å². The molecule has 1 atom stereocenters. The molecule has 0 aromatic carbocycles. The Kier molecular flexibility index (Phi) is 4.62. The summed E-state index contributed by atoms with van der Waals surface area (Å²) in [5, 5.41) is 8.73. The van der Waals surface area contributed by atoms with E-state index in [4.69, 9.17) is 9.52 Å². The molecular formula is C12H20N2O4S. The van der Waals surface area contributed by atoms with E-state index in [1.807, 2.05) is 7.05 Å². The van der Waals surface area contributed by atoms with Crippen LogP contribution in [0.25, 0.3) is 0 Å². The van der Waals surface area contributed by atoms with E-state index >= 15 is 0 Å². The largest absolute Gasteiger partial charge is 0.446 e. The van der Waals surface area contributed by atoms with Gasteiger partial charge in [-0.25, -0.2) is 13.1 Å². The number of nitrogens with zero attached hydrogens (tertiary/aromatic N) is 1. The maximum atomic E-state index is 12.0. The number of likely N-dealkylation sites (N-methyl/N-ethyl adjacent to an activating group) is 1. The number of hydrogen-bond acceptors (Lipinski definition) is 5. The van der Waals surface area contributed by atoms with E-state index in [9.17, 15) is 8.42 Å². The van der Waals surface area contributed by atoms with Crippen LogP contribution in [-0.4, -0.2) is 44.6 Å². The summed E-state index contributed by atoms with van der Waals surface area (Å²) in [7, 11) is -1.62. The number of likely N-dealkylation sites (tertiary alicyclic amines) is 1. The van der Waals surface area contributed by atoms with Crippen LogP contribution in [0.15, 0.2) is 21.6 Å². The summed E-state index contributed by atoms with van der Waals surface area (Å²) in [5.74, 6) is 0.246. The highest BCUT2D eigenvalue weighted by Crippen LogP contribution is 2.16. The highest BCUT2D eigenvalue weighted by molar-refractivity contribution is 7.89. The molecule has 1 aliphatic rings. The van der Waals surface area contributed by atoms with Gasteiger partial charge in [0.05, 0.1) is 0 Å². The van der Waals surface area contributed by atoms with Crippen LogP contribution in [-0.2, 0) is 16.6 Å². The summed E-state index contributed by atoms with van der Waals surface area (Å²) >= 11 is 0. The fraction of sp³-hybridized carbons (Fsp3) is 0.667. The van der Waals surface area contributed by atoms with Gasteiger partial charge in [0.2, 0.25) is 5.09 Å². The lowest BCUT2D eigenvalue weighted by Crippen LogP contribution is -2.44. The quantitative estimate of drug-likeness (QED) is 0.826. The van der Waals surface area contributed by atoms with Gasteiger partial charge in [-0.1, -0.05) is 6.42 Å². The lowest BCUT2D eigenvalue weighted by molar-refractivity contribution is 0.187. The van der Waals surface area contributed by atoms with Gasteiger partial charge < -0.3 is 14.4 Å². The van der Waals surface area contributed by atoms with Gasteiger partial charge in [-0.05, 0) is 38.6 Å². The molecule has 6 nitrogen and oxygen atoms in total. The lowest BCUT2D eigenvalue weighted by atomic mass is 10.0. The fourth-order valence-corrected chi connectivity index (χ4v) is 3.28. The van der Waals surface area contributed by atoms with Crippen LogP contribution in [0, 0.1) is 0 Å². The fourth-order valence-electron chi connectivity index (χ4n) is 2.27. The van der Waals surface area contributed by atoms with Gasteiger partial charge in [-0.2, -0.15) is 0 Å². The molecule has 1 aromatic heterocycles. The number of furan rings is 1. The van der Waals surface area contributed by atoms with Crippen LogP contribution in [0.3, 0.4) is 0 Å². The predicted octanol–water partition coefficient (Wildman–Crippen LogP) is 0.534. The molecule has 1 saturated heterocycles. The van der Waals surface area contributed by atoms with Crippen molar-refractivity contribution in [2.24, 2.45) is 0 Å². The van der Waals surface area contributed by atoms with E-state index < -0.39 is 10.0 Å². The van der Waals surface area contributed by atoms with Gasteiger partial charge in [-0.15, -0.1) is 0 Å². The minimum atomic E-state index is -3.63. The zero-order valence-corrected chi connectivity index (χ0v) is 11.8. The molecule has 0 radical (unpaired) electrons. The molecule has 0 saturated carbocycles. The Morgan fingerprint density at radius 3 is 2.89 bits per heavy atom. The Morgan fingerprint density at radius 2 is 2.26 bits per heavy atom. The Balaban J connectivity index is 1.97. The molecule has 0 spiro atoms. The molecule has 7 heteroatoms. The van der Waals surface area contributed by atoms with E-state index in [1.54, 1.807) is 0 Å². The topological polar surface area (TPSA) is 82.8 Å². The first kappa shape index (κ1) is 14.5. The van der Waals surface area contributed by atoms with Gasteiger partial charge in [0.25, 0.3) is 10.0 Å². The number of rotatable bonds is 5. The van der Waals surface area contributed by atoms with Gasteiger partial charge >= 0.3 is 0 Å². The van der Waals surface area contributed by atoms with E-state index in [1.165, 1.54) is 12.1 Å². The van der Waals surface area contributed by atoms with Crippen molar-refractivity contribution < 1.29 is 17.9 Å². The van der Waals surface area contributed by atoms with Crippen LogP contribution in [0.5, 0.6) is 0 Å². The summed E-state index contributed by atoms with van der Waals surface area (Å²) < 4.78 is 31.6. The third-order valence-electron chi connectivity index (χ3n) is 3.49. The number of aliphatic hydroxyl groups is 1. The predicted molar refractivity (Wildman–Crippen MR) is 70.1 cm³/mol. The van der Waals surface area contributed by atoms with Crippen molar-refractivity contribution in [2.75, 3.05) is 20.1 Å². The molecule has 19 heavy (non-hydrogen) atoms. The molecule has 2 heterocycles. The highest BCUT2D eigenvalue weighted by atomic mass is 32.2. The molecule has 2 N–H and O–H groups in total. The first-order chi connectivity index (χ1) is 9.03. The minimum Gasteiger partial charge on any atom is -0.446 e. The maximum absolute atomic E-state index is 12.0. The first-order valence-corrected chi connectivity index (χ1v) is 7.91. The van der Waals surface area contributed by atoms with Crippen LogP contribution < -0.4 is 4.72 Å². The minimum absolute atomic E-state index is 0.144. The smallest absolute Gasteiger partial charge is 0.274 e. The Hall–Kier alpha value is -0.890. The molecule has 0 amide bonds. The number of piperidine rings is 1. The Morgan fingerprint density at radius 1 is 1.47 bits per heavy atom. The van der Waals surface area contributed by atoms with Crippen LogP contribution in [0.1, 0.15) is 25.0 Å². The van der Waals surface area contributed by atoms with E-state index in [2.05, 4.69) is 9.62 Å². The average molecular weight is 288 g/mol. The maximum Gasteiger partial charge on any atom is 0.274 e. The zero-order chi connectivity index (χ0) is 13.9. The second kappa shape index (κ2) is 6.04. The third kappa shape index (κ3) is 3.56. The van der Waals surface area contributed by atoms with Gasteiger partial charge in [0.1, 0.15) is 12.4 Å². The lowest BCUT2D eigenvalue weighted by Gasteiger charge is -2.32. The van der Waals surface area contributed by atoms with Crippen molar-refractivity contribution in [1.29, 1.82) is 0 Å². The number of nitrogens with one attached hydrogen (secondary N) is 1. The van der Waals surface area contributed by atoms with Crippen molar-refractivity contribution in [3.8, 4) is 0 Å². The normalized spacial score (nSPS) is 21.7. The van der Waals surface area contributed by atoms with Gasteiger partial charge in [0, 0.05) is 12.6 Å². The zero-order valence-electron chi connectivity index (χ0n) is 11.0. The molecule has 1 aliphatic heterocycles. The molecule has 0 bridgehead atoms. The highest BCUT2D eigenvalue weighted by Gasteiger charge is 2.23. The molecular weight excluding hydrogens is 268 g/mol. The SMILES string of the molecule is CN1CCCCC1CNS(=O)(=O)c1ccc(CO)o1. The van der Waals surface area contributed by atoms with Crippen LogP contribution in [0.4, 0.5) is 0 Å². The van der Waals surface area contributed by atoms with Gasteiger partial charge in [0.15, 0.2) is 0 Å². The van der Waals surface area contributed by atoms with E-state index in [0.717, 1.165) is 25.8 Å². The van der Waals surface area contributed by atoms with Crippen molar-refractivity contribution in [1.82, 2.24) is 9.62 Å².